The van der Waals surface area contributed by atoms with Crippen LogP contribution in [-0.2, 0) is 4.79 Å². The van der Waals surface area contributed by atoms with E-state index in [2.05, 4.69) is 31.3 Å². The molecule has 1 aliphatic heterocycles. The van der Waals surface area contributed by atoms with Crippen LogP contribution in [0.5, 0.6) is 11.5 Å². The van der Waals surface area contributed by atoms with Gasteiger partial charge >= 0.3 is 0 Å². The Labute approximate surface area is 162 Å². The highest BCUT2D eigenvalue weighted by molar-refractivity contribution is 7.99. The van der Waals surface area contributed by atoms with Crippen LogP contribution in [0, 0.1) is 13.8 Å². The number of nitrogens with zero attached hydrogens (tertiary/aromatic N) is 1. The average Bonchev–Trinajstić information content (AvgIpc) is 2.67. The first-order chi connectivity index (χ1) is 13.1. The molecule has 138 valence electrons. The molecule has 2 heterocycles. The third-order valence-electron chi connectivity index (χ3n) is 4.40. The third kappa shape index (κ3) is 3.85. The number of pyridine rings is 1. The number of anilines is 1. The molecule has 0 radical (unpaired) electrons. The molecule has 0 bridgehead atoms. The Balaban J connectivity index is 1.43. The van der Waals surface area contributed by atoms with Gasteiger partial charge in [0.2, 0.25) is 5.91 Å². The largest absolute Gasteiger partial charge is 0.486 e. The zero-order valence-corrected chi connectivity index (χ0v) is 16.1. The molecule has 3 aromatic rings. The Morgan fingerprint density at radius 1 is 1.07 bits per heavy atom. The van der Waals surface area contributed by atoms with Gasteiger partial charge in [-0.25, -0.2) is 4.98 Å². The number of hydrogen-bond acceptors (Lipinski definition) is 5. The van der Waals surface area contributed by atoms with Gasteiger partial charge in [0.15, 0.2) is 11.5 Å². The molecule has 27 heavy (non-hydrogen) atoms. The van der Waals surface area contributed by atoms with Crippen LogP contribution >= 0.6 is 11.8 Å². The number of rotatable bonds is 4. The second-order valence-electron chi connectivity index (χ2n) is 6.44. The van der Waals surface area contributed by atoms with E-state index >= 15 is 0 Å². The van der Waals surface area contributed by atoms with Crippen LogP contribution in [0.4, 0.5) is 5.69 Å². The fourth-order valence-corrected chi connectivity index (χ4v) is 3.83. The van der Waals surface area contributed by atoms with E-state index in [9.17, 15) is 4.79 Å². The Bertz CT molecular complexity index is 1020. The molecule has 6 heteroatoms. The van der Waals surface area contributed by atoms with Crippen LogP contribution in [0.3, 0.4) is 0 Å². The number of carbonyl (C=O) groups excluding carboxylic acids is 1. The standard InChI is InChI=1S/C21H20N2O3S/c1-13-4-3-5-16-14(2)10-20(23-21(13)16)27-12-19(24)22-15-6-7-17-18(11-15)26-9-8-25-17/h3-7,10-11H,8-9,12H2,1-2H3,(H,22,24). The first-order valence-corrected chi connectivity index (χ1v) is 9.78. The van der Waals surface area contributed by atoms with Gasteiger partial charge in [0.1, 0.15) is 13.2 Å². The smallest absolute Gasteiger partial charge is 0.234 e. The van der Waals surface area contributed by atoms with Gasteiger partial charge in [-0.2, -0.15) is 0 Å². The maximum absolute atomic E-state index is 12.3. The molecule has 2 aromatic carbocycles. The molecule has 0 saturated heterocycles. The van der Waals surface area contributed by atoms with Crippen molar-refractivity contribution in [1.82, 2.24) is 4.98 Å². The maximum Gasteiger partial charge on any atom is 0.234 e. The lowest BCUT2D eigenvalue weighted by molar-refractivity contribution is -0.113. The molecule has 1 N–H and O–H groups in total. The summed E-state index contributed by atoms with van der Waals surface area (Å²) in [6.45, 7) is 5.19. The highest BCUT2D eigenvalue weighted by Crippen LogP contribution is 2.32. The van der Waals surface area contributed by atoms with Gasteiger partial charge in [-0.15, -0.1) is 0 Å². The minimum Gasteiger partial charge on any atom is -0.486 e. The maximum atomic E-state index is 12.3. The van der Waals surface area contributed by atoms with Gasteiger partial charge in [0, 0.05) is 17.1 Å². The first-order valence-electron chi connectivity index (χ1n) is 8.79. The van der Waals surface area contributed by atoms with Crippen molar-refractivity contribution in [2.75, 3.05) is 24.3 Å². The normalized spacial score (nSPS) is 12.8. The van der Waals surface area contributed by atoms with Crippen molar-refractivity contribution in [1.29, 1.82) is 0 Å². The number of ether oxygens (including phenoxy) is 2. The Hall–Kier alpha value is -2.73. The lowest BCUT2D eigenvalue weighted by Gasteiger charge is -2.19. The molecule has 0 saturated carbocycles. The SMILES string of the molecule is Cc1cc(SCC(=O)Nc2ccc3c(c2)OCCO3)nc2c(C)cccc12. The molecular weight excluding hydrogens is 360 g/mol. The summed E-state index contributed by atoms with van der Waals surface area (Å²) < 4.78 is 11.0. The monoisotopic (exact) mass is 380 g/mol. The number of aryl methyl sites for hydroxylation is 2. The molecule has 1 aromatic heterocycles. The number of nitrogens with one attached hydrogen (secondary N) is 1. The summed E-state index contributed by atoms with van der Waals surface area (Å²) in [6.07, 6.45) is 0. The number of carbonyl (C=O) groups is 1. The van der Waals surface area contributed by atoms with E-state index in [0.717, 1.165) is 21.5 Å². The van der Waals surface area contributed by atoms with Crippen molar-refractivity contribution in [2.45, 2.75) is 18.9 Å². The number of thioether (sulfide) groups is 1. The number of hydrogen-bond donors (Lipinski definition) is 1. The second-order valence-corrected chi connectivity index (χ2v) is 7.44. The predicted molar refractivity (Wildman–Crippen MR) is 108 cm³/mol. The predicted octanol–water partition coefficient (Wildman–Crippen LogP) is 4.35. The van der Waals surface area contributed by atoms with Gasteiger partial charge in [0.05, 0.1) is 16.3 Å². The highest BCUT2D eigenvalue weighted by Gasteiger charge is 2.13. The first kappa shape index (κ1) is 17.7. The number of fused-ring (bicyclic) bond motifs is 2. The topological polar surface area (TPSA) is 60.5 Å². The summed E-state index contributed by atoms with van der Waals surface area (Å²) in [6, 6.07) is 13.6. The van der Waals surface area contributed by atoms with Gasteiger partial charge in [-0.05, 0) is 43.2 Å². The van der Waals surface area contributed by atoms with Crippen LogP contribution in [0.25, 0.3) is 10.9 Å². The minimum absolute atomic E-state index is 0.0824. The van der Waals surface area contributed by atoms with Crippen LogP contribution in [0.2, 0.25) is 0 Å². The summed E-state index contributed by atoms with van der Waals surface area (Å²) in [7, 11) is 0. The lowest BCUT2D eigenvalue weighted by atomic mass is 10.1. The van der Waals surface area contributed by atoms with Crippen molar-refractivity contribution < 1.29 is 14.3 Å². The van der Waals surface area contributed by atoms with Crippen molar-refractivity contribution in [2.24, 2.45) is 0 Å². The molecule has 0 atom stereocenters. The Morgan fingerprint density at radius 3 is 2.74 bits per heavy atom. The lowest BCUT2D eigenvalue weighted by Crippen LogP contribution is -2.17. The van der Waals surface area contributed by atoms with E-state index in [1.165, 1.54) is 17.3 Å². The van der Waals surface area contributed by atoms with E-state index < -0.39 is 0 Å². The fourth-order valence-electron chi connectivity index (χ4n) is 3.06. The summed E-state index contributed by atoms with van der Waals surface area (Å²) >= 11 is 1.44. The fraction of sp³-hybridized carbons (Fsp3) is 0.238. The molecule has 0 aliphatic carbocycles. The quantitative estimate of drug-likeness (QED) is 0.682. The Morgan fingerprint density at radius 2 is 1.89 bits per heavy atom. The van der Waals surface area contributed by atoms with E-state index in [0.29, 0.717) is 30.4 Å². The van der Waals surface area contributed by atoms with E-state index in [1.807, 2.05) is 24.3 Å². The van der Waals surface area contributed by atoms with Gasteiger partial charge in [-0.1, -0.05) is 30.0 Å². The van der Waals surface area contributed by atoms with Crippen molar-refractivity contribution >= 4 is 34.3 Å². The molecule has 5 nitrogen and oxygen atoms in total. The van der Waals surface area contributed by atoms with E-state index in [1.54, 1.807) is 6.07 Å². The Kier molecular flexibility index (Phi) is 4.90. The summed E-state index contributed by atoms with van der Waals surface area (Å²) in [5, 5.41) is 4.91. The number of benzene rings is 2. The number of amides is 1. The van der Waals surface area contributed by atoms with Crippen molar-refractivity contribution in [3.8, 4) is 11.5 Å². The highest BCUT2D eigenvalue weighted by atomic mass is 32.2. The summed E-state index contributed by atoms with van der Waals surface area (Å²) in [4.78, 5) is 17.1. The number of aromatic nitrogens is 1. The summed E-state index contributed by atoms with van der Waals surface area (Å²) in [5.41, 5.74) is 3.99. The van der Waals surface area contributed by atoms with Crippen molar-refractivity contribution in [3.63, 3.8) is 0 Å². The molecule has 0 spiro atoms. The van der Waals surface area contributed by atoms with Gasteiger partial charge < -0.3 is 14.8 Å². The minimum atomic E-state index is -0.0824. The van der Waals surface area contributed by atoms with Crippen LogP contribution in [-0.4, -0.2) is 29.9 Å². The average molecular weight is 380 g/mol. The van der Waals surface area contributed by atoms with Crippen LogP contribution < -0.4 is 14.8 Å². The zero-order valence-electron chi connectivity index (χ0n) is 15.2. The van der Waals surface area contributed by atoms with Crippen LogP contribution in [0.15, 0.2) is 47.5 Å². The molecule has 1 aliphatic rings. The molecule has 0 unspecified atom stereocenters. The molecular formula is C21H20N2O3S. The van der Waals surface area contributed by atoms with E-state index in [4.69, 9.17) is 14.5 Å². The summed E-state index contributed by atoms with van der Waals surface area (Å²) in [5.74, 6) is 1.58. The van der Waals surface area contributed by atoms with Crippen LogP contribution in [0.1, 0.15) is 11.1 Å². The van der Waals surface area contributed by atoms with E-state index in [-0.39, 0.29) is 11.7 Å². The second kappa shape index (κ2) is 7.48. The number of para-hydroxylation sites is 1. The molecule has 0 fully saturated rings. The van der Waals surface area contributed by atoms with Crippen molar-refractivity contribution in [3.05, 3.63) is 53.6 Å². The van der Waals surface area contributed by atoms with Gasteiger partial charge in [0.25, 0.3) is 0 Å². The third-order valence-corrected chi connectivity index (χ3v) is 5.31. The molecule has 1 amide bonds. The zero-order chi connectivity index (χ0) is 18.8. The van der Waals surface area contributed by atoms with Gasteiger partial charge in [-0.3, -0.25) is 4.79 Å². The molecule has 4 rings (SSSR count).